The van der Waals surface area contributed by atoms with E-state index in [0.29, 0.717) is 0 Å². The van der Waals surface area contributed by atoms with Gasteiger partial charge in [0.1, 0.15) is 0 Å². The first-order chi connectivity index (χ1) is 8.49. The van der Waals surface area contributed by atoms with Crippen molar-refractivity contribution in [1.82, 2.24) is 0 Å². The molecule has 1 atom stereocenters. The molecule has 3 nitrogen and oxygen atoms in total. The number of hydrogen-bond acceptors (Lipinski definition) is 3. The lowest BCUT2D eigenvalue weighted by Gasteiger charge is -2.20. The Morgan fingerprint density at radius 1 is 1.33 bits per heavy atom. The van der Waals surface area contributed by atoms with Gasteiger partial charge >= 0.3 is 5.97 Å². The number of carbonyl (C=O) groups is 1. The van der Waals surface area contributed by atoms with E-state index in [1.165, 1.54) is 20.3 Å². The van der Waals surface area contributed by atoms with Gasteiger partial charge in [0, 0.05) is 0 Å². The van der Waals surface area contributed by atoms with Crippen LogP contribution >= 0.6 is 0 Å². The maximum Gasteiger partial charge on any atom is 0.306 e. The summed E-state index contributed by atoms with van der Waals surface area (Å²) in [5.74, 6) is -0.329. The minimum atomic E-state index is -0.412. The van der Waals surface area contributed by atoms with E-state index in [1.807, 2.05) is 13.8 Å². The van der Waals surface area contributed by atoms with Gasteiger partial charge in [-0.05, 0) is 29.5 Å². The molecule has 0 aliphatic heterocycles. The van der Waals surface area contributed by atoms with Crippen molar-refractivity contribution in [2.75, 3.05) is 14.2 Å². The number of hydrogen-bond donors (Lipinski definition) is 0. The quantitative estimate of drug-likeness (QED) is 0.757. The van der Waals surface area contributed by atoms with Crippen LogP contribution in [0.25, 0.3) is 0 Å². The van der Waals surface area contributed by atoms with Crippen molar-refractivity contribution in [3.8, 4) is 5.75 Å². The number of rotatable bonds is 5. The molecule has 0 N–H and O–H groups in total. The third-order valence-corrected chi connectivity index (χ3v) is 3.02. The average molecular weight is 254 g/mol. The molecule has 0 fully saturated rings. The van der Waals surface area contributed by atoms with Crippen LogP contribution in [-0.2, 0) is 9.53 Å². The molecule has 0 heterocycles. The topological polar surface area (TPSA) is 35.5 Å². The van der Waals surface area contributed by atoms with Crippen molar-refractivity contribution < 1.29 is 18.7 Å². The van der Waals surface area contributed by atoms with Crippen LogP contribution in [0.3, 0.4) is 0 Å². The molecule has 4 heteroatoms. The van der Waals surface area contributed by atoms with Gasteiger partial charge in [0.15, 0.2) is 11.6 Å². The van der Waals surface area contributed by atoms with Gasteiger partial charge in [-0.1, -0.05) is 19.9 Å². The minimum absolute atomic E-state index is 0.0575. The van der Waals surface area contributed by atoms with Crippen LogP contribution in [-0.4, -0.2) is 20.2 Å². The van der Waals surface area contributed by atoms with E-state index >= 15 is 0 Å². The Morgan fingerprint density at radius 2 is 2.00 bits per heavy atom. The third-order valence-electron chi connectivity index (χ3n) is 3.02. The molecule has 1 rings (SSSR count). The Hall–Kier alpha value is -1.58. The van der Waals surface area contributed by atoms with E-state index in [2.05, 4.69) is 4.74 Å². The summed E-state index contributed by atoms with van der Waals surface area (Å²) >= 11 is 0. The van der Waals surface area contributed by atoms with E-state index < -0.39 is 5.82 Å². The predicted molar refractivity (Wildman–Crippen MR) is 67.2 cm³/mol. The molecular formula is C14H19FO3. The highest BCUT2D eigenvalue weighted by Crippen LogP contribution is 2.31. The van der Waals surface area contributed by atoms with Crippen LogP contribution < -0.4 is 4.74 Å². The van der Waals surface area contributed by atoms with E-state index in [-0.39, 0.29) is 30.0 Å². The van der Waals surface area contributed by atoms with Gasteiger partial charge in [-0.25, -0.2) is 4.39 Å². The monoisotopic (exact) mass is 254 g/mol. The molecule has 1 aromatic carbocycles. The average Bonchev–Trinajstić information content (AvgIpc) is 2.35. The Bertz CT molecular complexity index is 416. The molecule has 1 aromatic rings. The predicted octanol–water partition coefficient (Wildman–Crippen LogP) is 3.14. The lowest BCUT2D eigenvalue weighted by Crippen LogP contribution is -2.14. The molecule has 0 radical (unpaired) electrons. The van der Waals surface area contributed by atoms with Crippen molar-refractivity contribution in [2.24, 2.45) is 5.92 Å². The fourth-order valence-corrected chi connectivity index (χ4v) is 1.91. The van der Waals surface area contributed by atoms with Crippen molar-refractivity contribution in [3.05, 3.63) is 29.6 Å². The summed E-state index contributed by atoms with van der Waals surface area (Å²) in [5.41, 5.74) is 0.786. The van der Waals surface area contributed by atoms with Crippen LogP contribution in [0.1, 0.15) is 31.7 Å². The lowest BCUT2D eigenvalue weighted by molar-refractivity contribution is -0.141. The number of ether oxygens (including phenoxy) is 2. The third kappa shape index (κ3) is 3.45. The zero-order chi connectivity index (χ0) is 13.7. The maximum absolute atomic E-state index is 13.7. The second kappa shape index (κ2) is 6.38. The fraction of sp³-hybridized carbons (Fsp3) is 0.500. The van der Waals surface area contributed by atoms with Crippen LogP contribution in [0, 0.1) is 11.7 Å². The van der Waals surface area contributed by atoms with E-state index in [9.17, 15) is 9.18 Å². The molecule has 100 valence electrons. The lowest BCUT2D eigenvalue weighted by atomic mass is 9.86. The largest absolute Gasteiger partial charge is 0.494 e. The summed E-state index contributed by atoms with van der Waals surface area (Å²) in [4.78, 5) is 11.4. The Kier molecular flexibility index (Phi) is 5.13. The molecular weight excluding hydrogens is 235 g/mol. The van der Waals surface area contributed by atoms with Gasteiger partial charge < -0.3 is 9.47 Å². The first-order valence-electron chi connectivity index (χ1n) is 5.89. The highest BCUT2D eigenvalue weighted by Gasteiger charge is 2.21. The smallest absolute Gasteiger partial charge is 0.306 e. The molecule has 18 heavy (non-hydrogen) atoms. The van der Waals surface area contributed by atoms with Gasteiger partial charge in [-0.15, -0.1) is 0 Å². The van der Waals surface area contributed by atoms with Crippen LogP contribution in [0.5, 0.6) is 5.75 Å². The summed E-state index contributed by atoms with van der Waals surface area (Å²) in [6.45, 7) is 3.99. The zero-order valence-corrected chi connectivity index (χ0v) is 11.2. The first kappa shape index (κ1) is 14.5. The van der Waals surface area contributed by atoms with Gasteiger partial charge in [-0.3, -0.25) is 4.79 Å². The van der Waals surface area contributed by atoms with Crippen molar-refractivity contribution in [1.29, 1.82) is 0 Å². The van der Waals surface area contributed by atoms with Crippen LogP contribution in [0.2, 0.25) is 0 Å². The molecule has 0 saturated heterocycles. The maximum atomic E-state index is 13.7. The molecule has 0 spiro atoms. The molecule has 0 aliphatic rings. The SMILES string of the molecule is COC(=O)CC(c1ccc(OC)c(F)c1)C(C)C. The van der Waals surface area contributed by atoms with E-state index in [1.54, 1.807) is 12.1 Å². The zero-order valence-electron chi connectivity index (χ0n) is 11.2. The first-order valence-corrected chi connectivity index (χ1v) is 5.89. The van der Waals surface area contributed by atoms with Crippen molar-refractivity contribution in [3.63, 3.8) is 0 Å². The molecule has 0 aromatic heterocycles. The van der Waals surface area contributed by atoms with Crippen LogP contribution in [0.4, 0.5) is 4.39 Å². The summed E-state index contributed by atoms with van der Waals surface area (Å²) in [5, 5.41) is 0. The standard InChI is InChI=1S/C14H19FO3/c1-9(2)11(8-14(16)18-4)10-5-6-13(17-3)12(15)7-10/h5-7,9,11H,8H2,1-4H3. The van der Waals surface area contributed by atoms with Crippen molar-refractivity contribution in [2.45, 2.75) is 26.2 Å². The summed E-state index contributed by atoms with van der Waals surface area (Å²) in [6.07, 6.45) is 0.250. The number of esters is 1. The van der Waals surface area contributed by atoms with Gasteiger partial charge in [-0.2, -0.15) is 0 Å². The van der Waals surface area contributed by atoms with E-state index in [0.717, 1.165) is 5.56 Å². The van der Waals surface area contributed by atoms with Gasteiger partial charge in [0.25, 0.3) is 0 Å². The molecule has 0 aliphatic carbocycles. The molecule has 0 bridgehead atoms. The molecule has 0 saturated carbocycles. The highest BCUT2D eigenvalue weighted by molar-refractivity contribution is 5.70. The van der Waals surface area contributed by atoms with Gasteiger partial charge in [0.05, 0.1) is 20.6 Å². The Morgan fingerprint density at radius 3 is 2.44 bits per heavy atom. The van der Waals surface area contributed by atoms with Crippen molar-refractivity contribution >= 4 is 5.97 Å². The summed E-state index contributed by atoms with van der Waals surface area (Å²) < 4.78 is 23.2. The van der Waals surface area contributed by atoms with Crippen LogP contribution in [0.15, 0.2) is 18.2 Å². The number of methoxy groups -OCH3 is 2. The second-order valence-electron chi connectivity index (χ2n) is 4.52. The molecule has 0 amide bonds. The van der Waals surface area contributed by atoms with Gasteiger partial charge in [0.2, 0.25) is 0 Å². The summed E-state index contributed by atoms with van der Waals surface area (Å²) in [6, 6.07) is 4.79. The fourth-order valence-electron chi connectivity index (χ4n) is 1.91. The summed E-state index contributed by atoms with van der Waals surface area (Å²) in [7, 11) is 2.78. The normalized spacial score (nSPS) is 12.3. The number of halogens is 1. The van der Waals surface area contributed by atoms with E-state index in [4.69, 9.17) is 4.74 Å². The second-order valence-corrected chi connectivity index (χ2v) is 4.52. The minimum Gasteiger partial charge on any atom is -0.494 e. The molecule has 1 unspecified atom stereocenters. The Balaban J connectivity index is 2.99. The Labute approximate surface area is 107 Å². The number of carbonyl (C=O) groups excluding carboxylic acids is 1. The number of benzene rings is 1. The highest BCUT2D eigenvalue weighted by atomic mass is 19.1.